The topological polar surface area (TPSA) is 73.6 Å². The van der Waals surface area contributed by atoms with Crippen molar-refractivity contribution in [2.45, 2.75) is 24.7 Å². The Kier molecular flexibility index (Phi) is 5.00. The Labute approximate surface area is 83.1 Å². The van der Waals surface area contributed by atoms with Crippen LogP contribution in [0.25, 0.3) is 0 Å². The van der Waals surface area contributed by atoms with Gasteiger partial charge in [-0.05, 0) is 19.3 Å². The van der Waals surface area contributed by atoms with E-state index in [1.807, 2.05) is 0 Å². The Morgan fingerprint density at radius 1 is 1.46 bits per heavy atom. The van der Waals surface area contributed by atoms with Crippen molar-refractivity contribution in [2.75, 3.05) is 18.9 Å². The number of nitrogens with zero attached hydrogens (tertiary/aromatic N) is 1. The third kappa shape index (κ3) is 5.00. The van der Waals surface area contributed by atoms with Gasteiger partial charge in [0.2, 0.25) is 0 Å². The van der Waals surface area contributed by atoms with Gasteiger partial charge in [-0.1, -0.05) is 0 Å². The molecule has 4 nitrogen and oxygen atoms in total. The minimum absolute atomic E-state index is 0.171. The Balaban J connectivity index is 2.01. The van der Waals surface area contributed by atoms with Gasteiger partial charge in [-0.2, -0.15) is 0 Å². The van der Waals surface area contributed by atoms with Crippen molar-refractivity contribution in [3.05, 3.63) is 0 Å². The van der Waals surface area contributed by atoms with Gasteiger partial charge in [-0.15, -0.1) is 11.8 Å². The summed E-state index contributed by atoms with van der Waals surface area (Å²) in [6.07, 6.45) is 3.64. The van der Waals surface area contributed by atoms with Crippen molar-refractivity contribution >= 4 is 17.7 Å². The summed E-state index contributed by atoms with van der Waals surface area (Å²) in [5.74, 6) is 1.10. The molecule has 0 aliphatic carbocycles. The Hall–Kier alpha value is -0.420. The summed E-state index contributed by atoms with van der Waals surface area (Å²) in [5.41, 5.74) is 10.8. The summed E-state index contributed by atoms with van der Waals surface area (Å²) in [4.78, 5) is 3.90. The van der Waals surface area contributed by atoms with Crippen molar-refractivity contribution < 1.29 is 4.74 Å². The molecule has 4 N–H and O–H groups in total. The van der Waals surface area contributed by atoms with Crippen LogP contribution in [-0.2, 0) is 4.74 Å². The molecule has 0 aromatic heterocycles. The molecule has 1 atom stereocenters. The second-order valence-electron chi connectivity index (χ2n) is 2.97. The van der Waals surface area contributed by atoms with Crippen LogP contribution in [0.1, 0.15) is 19.3 Å². The third-order valence-electron chi connectivity index (χ3n) is 1.83. The highest BCUT2D eigenvalue weighted by atomic mass is 32.2. The van der Waals surface area contributed by atoms with E-state index in [2.05, 4.69) is 4.99 Å². The van der Waals surface area contributed by atoms with E-state index in [1.165, 1.54) is 12.8 Å². The van der Waals surface area contributed by atoms with Gasteiger partial charge in [0.25, 0.3) is 0 Å². The highest BCUT2D eigenvalue weighted by molar-refractivity contribution is 7.99. The lowest BCUT2D eigenvalue weighted by Gasteiger charge is -2.21. The SMILES string of the molecule is NC(N)=NCCSC1CCCCO1. The molecule has 1 heterocycles. The van der Waals surface area contributed by atoms with Crippen LogP contribution >= 0.6 is 11.8 Å². The maximum Gasteiger partial charge on any atom is 0.185 e. The fourth-order valence-electron chi connectivity index (χ4n) is 1.20. The largest absolute Gasteiger partial charge is 0.370 e. The zero-order valence-corrected chi connectivity index (χ0v) is 8.55. The van der Waals surface area contributed by atoms with E-state index in [4.69, 9.17) is 16.2 Å². The lowest BCUT2D eigenvalue weighted by atomic mass is 10.2. The fraction of sp³-hybridized carbons (Fsp3) is 0.875. The highest BCUT2D eigenvalue weighted by Crippen LogP contribution is 2.22. The van der Waals surface area contributed by atoms with Gasteiger partial charge in [0.15, 0.2) is 5.96 Å². The maximum atomic E-state index is 5.54. The molecule has 0 aromatic rings. The molecule has 1 aliphatic rings. The number of hydrogen-bond acceptors (Lipinski definition) is 3. The highest BCUT2D eigenvalue weighted by Gasteiger charge is 2.12. The Morgan fingerprint density at radius 2 is 2.31 bits per heavy atom. The first-order valence-electron chi connectivity index (χ1n) is 4.57. The number of rotatable bonds is 4. The number of hydrogen-bond donors (Lipinski definition) is 2. The van der Waals surface area contributed by atoms with Gasteiger partial charge >= 0.3 is 0 Å². The molecule has 1 rings (SSSR count). The lowest BCUT2D eigenvalue weighted by molar-refractivity contribution is 0.0729. The molecule has 0 aromatic carbocycles. The number of guanidine groups is 1. The van der Waals surface area contributed by atoms with Crippen molar-refractivity contribution in [1.29, 1.82) is 0 Å². The van der Waals surface area contributed by atoms with Gasteiger partial charge in [-0.3, -0.25) is 4.99 Å². The quantitative estimate of drug-likeness (QED) is 0.397. The first-order valence-corrected chi connectivity index (χ1v) is 5.62. The van der Waals surface area contributed by atoms with E-state index in [0.29, 0.717) is 12.0 Å². The molecule has 1 saturated heterocycles. The Morgan fingerprint density at radius 3 is 2.92 bits per heavy atom. The average molecular weight is 203 g/mol. The zero-order chi connectivity index (χ0) is 9.52. The maximum absolute atomic E-state index is 5.54. The van der Waals surface area contributed by atoms with Crippen molar-refractivity contribution in [3.8, 4) is 0 Å². The van der Waals surface area contributed by atoms with Crippen LogP contribution in [0.2, 0.25) is 0 Å². The predicted molar refractivity (Wildman–Crippen MR) is 56.7 cm³/mol. The van der Waals surface area contributed by atoms with Crippen molar-refractivity contribution in [1.82, 2.24) is 0 Å². The van der Waals surface area contributed by atoms with Crippen LogP contribution in [0.5, 0.6) is 0 Å². The molecule has 0 bridgehead atoms. The molecule has 0 saturated carbocycles. The minimum Gasteiger partial charge on any atom is -0.370 e. The molecular formula is C8H17N3OS. The number of ether oxygens (including phenoxy) is 1. The van der Waals surface area contributed by atoms with Gasteiger partial charge in [0, 0.05) is 12.4 Å². The summed E-state index contributed by atoms with van der Waals surface area (Å²) in [6, 6.07) is 0. The van der Waals surface area contributed by atoms with Crippen molar-refractivity contribution in [2.24, 2.45) is 16.5 Å². The van der Waals surface area contributed by atoms with Crippen LogP contribution in [0.3, 0.4) is 0 Å². The van der Waals surface area contributed by atoms with Gasteiger partial charge < -0.3 is 16.2 Å². The molecule has 1 aliphatic heterocycles. The van der Waals surface area contributed by atoms with E-state index >= 15 is 0 Å². The van der Waals surface area contributed by atoms with Crippen molar-refractivity contribution in [3.63, 3.8) is 0 Å². The second-order valence-corrected chi connectivity index (χ2v) is 4.24. The first kappa shape index (κ1) is 10.7. The molecule has 0 amide bonds. The summed E-state index contributed by atoms with van der Waals surface area (Å²) >= 11 is 1.80. The normalized spacial score (nSPS) is 22.6. The summed E-state index contributed by atoms with van der Waals surface area (Å²) in [7, 11) is 0. The number of thioether (sulfide) groups is 1. The lowest BCUT2D eigenvalue weighted by Crippen LogP contribution is -2.23. The van der Waals surface area contributed by atoms with Crippen LogP contribution in [0.4, 0.5) is 0 Å². The van der Waals surface area contributed by atoms with Gasteiger partial charge in [0.1, 0.15) is 5.44 Å². The van der Waals surface area contributed by atoms with E-state index < -0.39 is 0 Å². The Bertz CT molecular complexity index is 165. The van der Waals surface area contributed by atoms with Gasteiger partial charge in [-0.25, -0.2) is 0 Å². The number of aliphatic imine (C=N–C) groups is 1. The molecule has 0 spiro atoms. The fourth-order valence-corrected chi connectivity index (χ4v) is 2.19. The van der Waals surface area contributed by atoms with Crippen LogP contribution in [-0.4, -0.2) is 30.3 Å². The standard InChI is InChI=1S/C8H17N3OS/c9-8(10)11-4-6-13-7-3-1-2-5-12-7/h7H,1-6H2,(H4,9,10,11). The zero-order valence-electron chi connectivity index (χ0n) is 7.74. The molecule has 76 valence electrons. The average Bonchev–Trinajstić information content (AvgIpc) is 2.14. The van der Waals surface area contributed by atoms with E-state index in [0.717, 1.165) is 18.8 Å². The minimum atomic E-state index is 0.171. The molecule has 0 radical (unpaired) electrons. The number of nitrogens with two attached hydrogens (primary N) is 2. The first-order chi connectivity index (χ1) is 6.29. The van der Waals surface area contributed by atoms with E-state index in [1.54, 1.807) is 11.8 Å². The monoisotopic (exact) mass is 203 g/mol. The van der Waals surface area contributed by atoms with Gasteiger partial charge in [0.05, 0.1) is 6.54 Å². The molecule has 5 heteroatoms. The van der Waals surface area contributed by atoms with Crippen LogP contribution < -0.4 is 11.5 Å². The smallest absolute Gasteiger partial charge is 0.185 e. The molecular weight excluding hydrogens is 186 g/mol. The molecule has 13 heavy (non-hydrogen) atoms. The van der Waals surface area contributed by atoms with Crippen LogP contribution in [0.15, 0.2) is 4.99 Å². The third-order valence-corrected chi connectivity index (χ3v) is 2.99. The summed E-state index contributed by atoms with van der Waals surface area (Å²) < 4.78 is 5.54. The van der Waals surface area contributed by atoms with E-state index in [-0.39, 0.29) is 5.96 Å². The molecule has 1 unspecified atom stereocenters. The van der Waals surface area contributed by atoms with E-state index in [9.17, 15) is 0 Å². The molecule has 1 fully saturated rings. The summed E-state index contributed by atoms with van der Waals surface area (Å²) in [6.45, 7) is 1.59. The predicted octanol–water partition coefficient (Wildman–Crippen LogP) is 0.520. The summed E-state index contributed by atoms with van der Waals surface area (Å²) in [5, 5.41) is 0. The van der Waals surface area contributed by atoms with Crippen LogP contribution in [0, 0.1) is 0 Å². The second kappa shape index (κ2) is 6.10.